The lowest BCUT2D eigenvalue weighted by molar-refractivity contribution is 0.409. The first kappa shape index (κ1) is 10.6. The standard InChI is InChI=1S/C10H13ClOSi/c1-8(13-7-11)9-5-3-4-6-10(9)12-2/h3-6,8H,7H2,1-2H3. The van der Waals surface area contributed by atoms with Gasteiger partial charge in [0.25, 0.3) is 0 Å². The van der Waals surface area contributed by atoms with Crippen LogP contribution < -0.4 is 4.74 Å². The molecular weight excluding hydrogens is 200 g/mol. The van der Waals surface area contributed by atoms with Crippen LogP contribution in [0.1, 0.15) is 18.0 Å². The van der Waals surface area contributed by atoms with Crippen LogP contribution in [0, 0.1) is 0 Å². The van der Waals surface area contributed by atoms with Crippen molar-refractivity contribution in [3.8, 4) is 5.75 Å². The van der Waals surface area contributed by atoms with Crippen molar-refractivity contribution in [3.63, 3.8) is 0 Å². The van der Waals surface area contributed by atoms with Gasteiger partial charge in [0.05, 0.1) is 16.6 Å². The van der Waals surface area contributed by atoms with Crippen LogP contribution in [0.15, 0.2) is 24.3 Å². The Bertz CT molecular complexity index is 265. The van der Waals surface area contributed by atoms with E-state index in [2.05, 4.69) is 13.0 Å². The van der Waals surface area contributed by atoms with Crippen molar-refractivity contribution >= 4 is 21.1 Å². The van der Waals surface area contributed by atoms with Crippen LogP contribution in [0.2, 0.25) is 0 Å². The van der Waals surface area contributed by atoms with Gasteiger partial charge in [-0.2, -0.15) is 0 Å². The fourth-order valence-electron chi connectivity index (χ4n) is 1.25. The topological polar surface area (TPSA) is 9.23 Å². The van der Waals surface area contributed by atoms with Gasteiger partial charge in [0.15, 0.2) is 0 Å². The Kier molecular flexibility index (Phi) is 4.32. The average Bonchev–Trinajstić information content (AvgIpc) is 2.18. The molecule has 1 unspecified atom stereocenters. The van der Waals surface area contributed by atoms with Crippen molar-refractivity contribution in [2.45, 2.75) is 12.5 Å². The third-order valence-electron chi connectivity index (χ3n) is 1.99. The molecular formula is C10H13ClOSi. The molecule has 0 spiro atoms. The number of hydrogen-bond acceptors (Lipinski definition) is 1. The van der Waals surface area contributed by atoms with Crippen molar-refractivity contribution in [2.24, 2.45) is 0 Å². The van der Waals surface area contributed by atoms with E-state index in [0.29, 0.717) is 5.54 Å². The van der Waals surface area contributed by atoms with Gasteiger partial charge in [-0.15, -0.1) is 11.6 Å². The normalized spacial score (nSPS) is 12.5. The first-order valence-electron chi connectivity index (χ1n) is 4.22. The van der Waals surface area contributed by atoms with E-state index in [1.54, 1.807) is 7.11 Å². The Balaban J connectivity index is 2.85. The fraction of sp³-hybridized carbons (Fsp3) is 0.400. The molecule has 13 heavy (non-hydrogen) atoms. The highest BCUT2D eigenvalue weighted by molar-refractivity contribution is 6.51. The summed E-state index contributed by atoms with van der Waals surface area (Å²) in [5, 5.41) is 0. The zero-order valence-corrected chi connectivity index (χ0v) is 9.64. The van der Waals surface area contributed by atoms with Crippen LogP contribution in [0.25, 0.3) is 0 Å². The summed E-state index contributed by atoms with van der Waals surface area (Å²) in [5.74, 6) is 0.965. The molecule has 0 heterocycles. The van der Waals surface area contributed by atoms with Crippen molar-refractivity contribution in [3.05, 3.63) is 29.8 Å². The van der Waals surface area contributed by atoms with Gasteiger partial charge in [0.2, 0.25) is 0 Å². The van der Waals surface area contributed by atoms with Gasteiger partial charge in [0.1, 0.15) is 5.75 Å². The first-order valence-corrected chi connectivity index (χ1v) is 6.03. The van der Waals surface area contributed by atoms with Crippen LogP contribution in [-0.2, 0) is 0 Å². The second-order valence-electron chi connectivity index (χ2n) is 2.80. The monoisotopic (exact) mass is 212 g/mol. The second kappa shape index (κ2) is 5.30. The lowest BCUT2D eigenvalue weighted by Crippen LogP contribution is -2.07. The maximum absolute atomic E-state index is 5.71. The number of hydrogen-bond donors (Lipinski definition) is 0. The van der Waals surface area contributed by atoms with E-state index in [4.69, 9.17) is 16.3 Å². The van der Waals surface area contributed by atoms with Crippen LogP contribution in [0.5, 0.6) is 5.75 Å². The molecule has 1 nitrogen and oxygen atoms in total. The molecule has 1 rings (SSSR count). The van der Waals surface area contributed by atoms with Gasteiger partial charge >= 0.3 is 0 Å². The number of methoxy groups -OCH3 is 1. The molecule has 0 saturated carbocycles. The smallest absolute Gasteiger partial charge is 0.122 e. The summed E-state index contributed by atoms with van der Waals surface area (Å²) in [4.78, 5) is 0. The number of benzene rings is 1. The summed E-state index contributed by atoms with van der Waals surface area (Å²) >= 11 is 5.71. The SMILES string of the molecule is COc1ccccc1C(C)[Si]CCl. The lowest BCUT2D eigenvalue weighted by Gasteiger charge is -2.13. The maximum Gasteiger partial charge on any atom is 0.122 e. The lowest BCUT2D eigenvalue weighted by atomic mass is 10.1. The van der Waals surface area contributed by atoms with E-state index >= 15 is 0 Å². The summed E-state index contributed by atoms with van der Waals surface area (Å²) < 4.78 is 5.27. The van der Waals surface area contributed by atoms with Gasteiger partial charge < -0.3 is 4.74 Å². The van der Waals surface area contributed by atoms with Crippen molar-refractivity contribution < 1.29 is 4.74 Å². The Hall–Kier alpha value is -0.473. The molecule has 0 aromatic heterocycles. The zero-order valence-electron chi connectivity index (χ0n) is 7.88. The molecule has 3 heteroatoms. The van der Waals surface area contributed by atoms with Crippen molar-refractivity contribution in [2.75, 3.05) is 12.6 Å². The van der Waals surface area contributed by atoms with Crippen molar-refractivity contribution in [1.82, 2.24) is 0 Å². The van der Waals surface area contributed by atoms with E-state index in [-0.39, 0.29) is 0 Å². The minimum absolute atomic E-state index is 0.494. The third kappa shape index (κ3) is 2.74. The summed E-state index contributed by atoms with van der Waals surface area (Å²) in [6.07, 6.45) is 0. The van der Waals surface area contributed by atoms with E-state index < -0.39 is 0 Å². The molecule has 0 amide bonds. The van der Waals surface area contributed by atoms with Gasteiger partial charge in [-0.05, 0) is 17.2 Å². The number of halogens is 1. The molecule has 2 radical (unpaired) electrons. The predicted octanol–water partition coefficient (Wildman–Crippen LogP) is 2.66. The highest BCUT2D eigenvalue weighted by Crippen LogP contribution is 2.25. The number of rotatable bonds is 4. The van der Waals surface area contributed by atoms with Crippen LogP contribution in [-0.4, -0.2) is 22.1 Å². The highest BCUT2D eigenvalue weighted by Gasteiger charge is 2.10. The molecule has 70 valence electrons. The molecule has 0 fully saturated rings. The summed E-state index contributed by atoms with van der Waals surface area (Å²) in [5.41, 5.74) is 2.47. The summed E-state index contributed by atoms with van der Waals surface area (Å²) in [6, 6.07) is 8.11. The Morgan fingerprint density at radius 3 is 2.77 bits per heavy atom. The molecule has 0 N–H and O–H groups in total. The largest absolute Gasteiger partial charge is 0.496 e. The molecule has 0 aliphatic heterocycles. The van der Waals surface area contributed by atoms with Gasteiger partial charge in [-0.1, -0.05) is 25.1 Å². The first-order chi connectivity index (χ1) is 6.29. The zero-order chi connectivity index (χ0) is 9.68. The average molecular weight is 213 g/mol. The molecule has 0 bridgehead atoms. The fourth-order valence-corrected chi connectivity index (χ4v) is 2.63. The molecule has 1 atom stereocenters. The maximum atomic E-state index is 5.71. The van der Waals surface area contributed by atoms with E-state index in [0.717, 1.165) is 20.8 Å². The minimum Gasteiger partial charge on any atom is -0.496 e. The van der Waals surface area contributed by atoms with E-state index in [1.165, 1.54) is 5.56 Å². The number of para-hydroxylation sites is 1. The van der Waals surface area contributed by atoms with E-state index in [1.807, 2.05) is 18.2 Å². The Morgan fingerprint density at radius 2 is 2.15 bits per heavy atom. The molecule has 0 aliphatic carbocycles. The minimum atomic E-state index is 0.494. The highest BCUT2D eigenvalue weighted by atomic mass is 35.5. The summed E-state index contributed by atoms with van der Waals surface area (Å²) in [6.45, 7) is 2.18. The van der Waals surface area contributed by atoms with Crippen molar-refractivity contribution in [1.29, 1.82) is 0 Å². The second-order valence-corrected chi connectivity index (χ2v) is 5.14. The Labute approximate surface area is 86.9 Å². The number of ether oxygens (including phenoxy) is 1. The number of alkyl halides is 1. The van der Waals surface area contributed by atoms with Crippen LogP contribution in [0.3, 0.4) is 0 Å². The van der Waals surface area contributed by atoms with Gasteiger partial charge in [-0.25, -0.2) is 0 Å². The Morgan fingerprint density at radius 1 is 1.46 bits per heavy atom. The van der Waals surface area contributed by atoms with Gasteiger partial charge in [-0.3, -0.25) is 0 Å². The molecule has 1 aromatic rings. The molecule has 0 aliphatic rings. The summed E-state index contributed by atoms with van der Waals surface area (Å²) in [7, 11) is 2.45. The van der Waals surface area contributed by atoms with E-state index in [9.17, 15) is 0 Å². The van der Waals surface area contributed by atoms with Crippen LogP contribution in [0.4, 0.5) is 0 Å². The quantitative estimate of drug-likeness (QED) is 0.551. The third-order valence-corrected chi connectivity index (χ3v) is 3.53. The van der Waals surface area contributed by atoms with Gasteiger partial charge in [0, 0.05) is 5.50 Å². The molecule has 1 aromatic carbocycles. The molecule has 0 saturated heterocycles. The predicted molar refractivity (Wildman–Crippen MR) is 57.9 cm³/mol. The van der Waals surface area contributed by atoms with Crippen LogP contribution >= 0.6 is 11.6 Å².